The molecule has 41 heavy (non-hydrogen) atoms. The molecule has 1 aromatic carbocycles. The quantitative estimate of drug-likeness (QED) is 0.194. The summed E-state index contributed by atoms with van der Waals surface area (Å²) in [6.45, 7) is 11.9. The van der Waals surface area contributed by atoms with Gasteiger partial charge in [-0.25, -0.2) is 0 Å². The fourth-order valence-electron chi connectivity index (χ4n) is 4.88. The summed E-state index contributed by atoms with van der Waals surface area (Å²) < 4.78 is 5.91. The Hall–Kier alpha value is -3.38. The number of ether oxygens (including phenoxy) is 1. The van der Waals surface area contributed by atoms with Crippen LogP contribution in [-0.4, -0.2) is 46.1 Å². The number of Topliss-reactive ketones (excluding diaryl/α,β-unsaturated/α-hetero) is 2. The predicted molar refractivity (Wildman–Crippen MR) is 165 cm³/mol. The van der Waals surface area contributed by atoms with Gasteiger partial charge in [-0.1, -0.05) is 52.8 Å². The lowest BCUT2D eigenvalue weighted by atomic mass is 9.80. The van der Waals surface area contributed by atoms with Crippen molar-refractivity contribution in [1.82, 2.24) is 14.9 Å². The number of likely N-dealkylation sites (N-methyl/N-ethyl adjacent to an activating group) is 1. The van der Waals surface area contributed by atoms with Crippen LogP contribution in [0.25, 0.3) is 0 Å². The molecule has 3 rings (SSSR count). The van der Waals surface area contributed by atoms with E-state index in [-0.39, 0.29) is 35.4 Å². The molecule has 0 aliphatic carbocycles. The van der Waals surface area contributed by atoms with Crippen LogP contribution in [0.3, 0.4) is 0 Å². The third kappa shape index (κ3) is 11.6. The van der Waals surface area contributed by atoms with Crippen LogP contribution in [0.2, 0.25) is 0 Å². The summed E-state index contributed by atoms with van der Waals surface area (Å²) in [6, 6.07) is 15.4. The first-order chi connectivity index (χ1) is 19.5. The molecule has 0 aliphatic rings. The lowest BCUT2D eigenvalue weighted by molar-refractivity contribution is -0.131. The Labute approximate surface area is 246 Å². The SMILES string of the molecule is CC(C)CCN(C)C(Cc1ccncc1)C(=O)CC(Cc1ccc(OCc2cccnc2)cc1)C(=O)CC(C)(C)C. The number of nitrogens with zero attached hydrogens (tertiary/aromatic N) is 3. The molecule has 0 aliphatic heterocycles. The first kappa shape index (κ1) is 32.1. The molecule has 0 fully saturated rings. The van der Waals surface area contributed by atoms with E-state index < -0.39 is 0 Å². The number of aromatic nitrogens is 2. The summed E-state index contributed by atoms with van der Waals surface area (Å²) in [4.78, 5) is 38.0. The molecule has 0 amide bonds. The van der Waals surface area contributed by atoms with Gasteiger partial charge in [0, 0.05) is 49.1 Å². The lowest BCUT2D eigenvalue weighted by Crippen LogP contribution is -2.42. The second kappa shape index (κ2) is 15.6. The molecule has 220 valence electrons. The molecule has 0 bridgehead atoms. The van der Waals surface area contributed by atoms with Gasteiger partial charge < -0.3 is 4.74 Å². The Kier molecular flexibility index (Phi) is 12.2. The molecule has 2 heterocycles. The summed E-state index contributed by atoms with van der Waals surface area (Å²) in [7, 11) is 2.03. The minimum atomic E-state index is -0.373. The van der Waals surface area contributed by atoms with Crippen molar-refractivity contribution in [3.05, 3.63) is 90.0 Å². The van der Waals surface area contributed by atoms with Crippen molar-refractivity contribution in [1.29, 1.82) is 0 Å². The summed E-state index contributed by atoms with van der Waals surface area (Å²) in [5.41, 5.74) is 2.96. The van der Waals surface area contributed by atoms with Crippen LogP contribution in [0.15, 0.2) is 73.3 Å². The Balaban J connectivity index is 1.75. The molecule has 2 unspecified atom stereocenters. The molecule has 0 saturated carbocycles. The van der Waals surface area contributed by atoms with Crippen LogP contribution in [0.5, 0.6) is 5.75 Å². The number of carbonyl (C=O) groups is 2. The van der Waals surface area contributed by atoms with Crippen LogP contribution in [0.4, 0.5) is 0 Å². The van der Waals surface area contributed by atoms with Gasteiger partial charge in [0.1, 0.15) is 18.1 Å². The molecular formula is C35H47N3O3. The van der Waals surface area contributed by atoms with E-state index in [4.69, 9.17) is 4.74 Å². The van der Waals surface area contributed by atoms with Crippen LogP contribution in [0, 0.1) is 17.3 Å². The first-order valence-electron chi connectivity index (χ1n) is 14.8. The number of hydrogen-bond donors (Lipinski definition) is 0. The third-order valence-corrected chi connectivity index (χ3v) is 7.28. The number of rotatable bonds is 16. The van der Waals surface area contributed by atoms with Crippen molar-refractivity contribution in [3.63, 3.8) is 0 Å². The van der Waals surface area contributed by atoms with Crippen LogP contribution in [-0.2, 0) is 29.0 Å². The maximum atomic E-state index is 13.9. The zero-order valence-corrected chi connectivity index (χ0v) is 25.7. The molecule has 3 aromatic rings. The van der Waals surface area contributed by atoms with Gasteiger partial charge >= 0.3 is 0 Å². The molecule has 0 N–H and O–H groups in total. The maximum Gasteiger partial charge on any atom is 0.151 e. The van der Waals surface area contributed by atoms with E-state index in [0.29, 0.717) is 31.8 Å². The van der Waals surface area contributed by atoms with E-state index in [2.05, 4.69) is 49.5 Å². The Morgan fingerprint density at radius 1 is 0.854 bits per heavy atom. The highest BCUT2D eigenvalue weighted by Gasteiger charge is 2.31. The Morgan fingerprint density at radius 3 is 2.15 bits per heavy atom. The number of carbonyl (C=O) groups excluding carboxylic acids is 2. The zero-order valence-electron chi connectivity index (χ0n) is 25.7. The lowest BCUT2D eigenvalue weighted by Gasteiger charge is -2.29. The van der Waals surface area contributed by atoms with Crippen molar-refractivity contribution in [2.24, 2.45) is 17.3 Å². The summed E-state index contributed by atoms with van der Waals surface area (Å²) in [6.07, 6.45) is 9.89. The van der Waals surface area contributed by atoms with Gasteiger partial charge in [-0.15, -0.1) is 0 Å². The van der Waals surface area contributed by atoms with Gasteiger partial charge in [0.2, 0.25) is 0 Å². The van der Waals surface area contributed by atoms with Gasteiger partial charge in [0.05, 0.1) is 6.04 Å². The number of hydrogen-bond acceptors (Lipinski definition) is 6. The van der Waals surface area contributed by atoms with Gasteiger partial charge in [0.25, 0.3) is 0 Å². The molecule has 0 saturated heterocycles. The number of pyridine rings is 2. The molecule has 0 radical (unpaired) electrons. The van der Waals surface area contributed by atoms with E-state index in [1.165, 1.54) is 0 Å². The molecule has 6 heteroatoms. The van der Waals surface area contributed by atoms with Gasteiger partial charge in [-0.3, -0.25) is 24.5 Å². The largest absolute Gasteiger partial charge is 0.489 e. The van der Waals surface area contributed by atoms with Crippen molar-refractivity contribution >= 4 is 11.6 Å². The van der Waals surface area contributed by atoms with Crippen molar-refractivity contribution in [3.8, 4) is 5.75 Å². The fourth-order valence-corrected chi connectivity index (χ4v) is 4.88. The summed E-state index contributed by atoms with van der Waals surface area (Å²) in [5, 5.41) is 0. The van der Waals surface area contributed by atoms with Crippen LogP contribution < -0.4 is 4.74 Å². The van der Waals surface area contributed by atoms with Gasteiger partial charge in [0.15, 0.2) is 5.78 Å². The van der Waals surface area contributed by atoms with Crippen molar-refractivity contribution in [2.75, 3.05) is 13.6 Å². The van der Waals surface area contributed by atoms with Crippen molar-refractivity contribution < 1.29 is 14.3 Å². The van der Waals surface area contributed by atoms with Crippen LogP contribution >= 0.6 is 0 Å². The maximum absolute atomic E-state index is 13.9. The summed E-state index contributed by atoms with van der Waals surface area (Å²) >= 11 is 0. The first-order valence-corrected chi connectivity index (χ1v) is 14.8. The standard InChI is InChI=1S/C35H47N3O3/c1-26(2)15-19-38(6)32(21-28-13-17-36-18-14-28)33(39)22-30(34(40)23-35(3,4)5)20-27-9-11-31(12-10-27)41-25-29-8-7-16-37-24-29/h7-14,16-18,24,26,30,32H,15,19-23,25H2,1-6H3. The zero-order chi connectivity index (χ0) is 29.8. The minimum Gasteiger partial charge on any atom is -0.489 e. The Bertz CT molecular complexity index is 1200. The predicted octanol–water partition coefficient (Wildman–Crippen LogP) is 6.77. The van der Waals surface area contributed by atoms with Gasteiger partial charge in [-0.05, 0) is 85.6 Å². The highest BCUT2D eigenvalue weighted by molar-refractivity contribution is 5.91. The highest BCUT2D eigenvalue weighted by Crippen LogP contribution is 2.27. The smallest absolute Gasteiger partial charge is 0.151 e. The average molecular weight is 558 g/mol. The second-order valence-electron chi connectivity index (χ2n) is 12.8. The fraction of sp³-hybridized carbons (Fsp3) is 0.486. The van der Waals surface area contributed by atoms with E-state index >= 15 is 0 Å². The molecule has 2 atom stereocenters. The average Bonchev–Trinajstić information content (AvgIpc) is 2.94. The topological polar surface area (TPSA) is 72.4 Å². The monoisotopic (exact) mass is 557 g/mol. The number of benzene rings is 1. The van der Waals surface area contributed by atoms with Gasteiger partial charge in [-0.2, -0.15) is 0 Å². The minimum absolute atomic E-state index is 0.122. The highest BCUT2D eigenvalue weighted by atomic mass is 16.5. The molecular weight excluding hydrogens is 510 g/mol. The Morgan fingerprint density at radius 2 is 1.54 bits per heavy atom. The van der Waals surface area contributed by atoms with E-state index in [1.807, 2.05) is 55.6 Å². The molecule has 2 aromatic heterocycles. The van der Waals surface area contributed by atoms with Crippen LogP contribution in [0.1, 0.15) is 70.6 Å². The third-order valence-electron chi connectivity index (χ3n) is 7.28. The number of ketones is 2. The van der Waals surface area contributed by atoms with E-state index in [1.54, 1.807) is 24.8 Å². The molecule has 0 spiro atoms. The molecule has 6 nitrogen and oxygen atoms in total. The van der Waals surface area contributed by atoms with E-state index in [0.717, 1.165) is 35.4 Å². The normalized spacial score (nSPS) is 13.3. The van der Waals surface area contributed by atoms with Crippen molar-refractivity contribution in [2.45, 2.75) is 79.4 Å². The second-order valence-corrected chi connectivity index (χ2v) is 12.8. The summed E-state index contributed by atoms with van der Waals surface area (Å²) in [5.74, 6) is 1.20. The van der Waals surface area contributed by atoms with E-state index in [9.17, 15) is 9.59 Å².